The van der Waals surface area contributed by atoms with E-state index in [-0.39, 0.29) is 4.75 Å². The van der Waals surface area contributed by atoms with Crippen LogP contribution in [0.3, 0.4) is 0 Å². The lowest BCUT2D eigenvalue weighted by Gasteiger charge is -2.23. The van der Waals surface area contributed by atoms with E-state index in [2.05, 4.69) is 38.2 Å². The van der Waals surface area contributed by atoms with Crippen molar-refractivity contribution in [1.29, 1.82) is 0 Å². The van der Waals surface area contributed by atoms with Crippen molar-refractivity contribution in [1.82, 2.24) is 5.32 Å². The molecule has 120 valence electrons. The van der Waals surface area contributed by atoms with Gasteiger partial charge in [0.2, 0.25) is 0 Å². The Bertz CT molecular complexity index is 429. The molecule has 0 radical (unpaired) electrons. The zero-order valence-corrected chi connectivity index (χ0v) is 15.0. The molecule has 0 amide bonds. The molecule has 3 nitrogen and oxygen atoms in total. The summed E-state index contributed by atoms with van der Waals surface area (Å²) < 4.78 is 11.6. The Labute approximate surface area is 133 Å². The SMILES string of the molecule is CCOc1ccc(C(CSC(C)(C)C)NC)cc1OCC. The number of hydrogen-bond donors (Lipinski definition) is 1. The Hall–Kier alpha value is -0.870. The summed E-state index contributed by atoms with van der Waals surface area (Å²) in [6.45, 7) is 12.0. The second kappa shape index (κ2) is 8.54. The van der Waals surface area contributed by atoms with Crippen LogP contribution in [0.4, 0.5) is 0 Å². The van der Waals surface area contributed by atoms with Crippen molar-refractivity contribution < 1.29 is 9.47 Å². The number of rotatable bonds is 8. The molecule has 1 N–H and O–H groups in total. The van der Waals surface area contributed by atoms with Crippen molar-refractivity contribution in [2.45, 2.75) is 45.4 Å². The molecular weight excluding hydrogens is 282 g/mol. The quantitative estimate of drug-likeness (QED) is 0.776. The second-order valence-corrected chi connectivity index (χ2v) is 7.68. The molecule has 0 saturated heterocycles. The van der Waals surface area contributed by atoms with Gasteiger partial charge in [-0.15, -0.1) is 0 Å². The number of benzene rings is 1. The summed E-state index contributed by atoms with van der Waals surface area (Å²) in [5, 5.41) is 3.39. The first kappa shape index (κ1) is 18.2. The summed E-state index contributed by atoms with van der Waals surface area (Å²) in [4.78, 5) is 0. The van der Waals surface area contributed by atoms with Gasteiger partial charge in [-0.3, -0.25) is 0 Å². The molecule has 0 heterocycles. The number of ether oxygens (including phenoxy) is 2. The van der Waals surface area contributed by atoms with Crippen LogP contribution in [0.25, 0.3) is 0 Å². The summed E-state index contributed by atoms with van der Waals surface area (Å²) in [6, 6.07) is 6.54. The maximum Gasteiger partial charge on any atom is 0.161 e. The first-order valence-corrected chi connectivity index (χ1v) is 8.60. The molecule has 0 aliphatic carbocycles. The Morgan fingerprint density at radius 1 is 1.10 bits per heavy atom. The van der Waals surface area contributed by atoms with Gasteiger partial charge in [0.1, 0.15) is 0 Å². The van der Waals surface area contributed by atoms with Gasteiger partial charge in [-0.1, -0.05) is 26.8 Å². The molecule has 1 rings (SSSR count). The third-order valence-electron chi connectivity index (χ3n) is 3.00. The fourth-order valence-electron chi connectivity index (χ4n) is 1.96. The molecule has 0 spiro atoms. The highest BCUT2D eigenvalue weighted by Gasteiger charge is 2.17. The lowest BCUT2D eigenvalue weighted by molar-refractivity contribution is 0.287. The molecule has 4 heteroatoms. The smallest absolute Gasteiger partial charge is 0.161 e. The van der Waals surface area contributed by atoms with Gasteiger partial charge in [0.15, 0.2) is 11.5 Å². The highest BCUT2D eigenvalue weighted by atomic mass is 32.2. The number of thioether (sulfide) groups is 1. The molecule has 0 aliphatic rings. The van der Waals surface area contributed by atoms with Crippen molar-refractivity contribution in [3.8, 4) is 11.5 Å². The van der Waals surface area contributed by atoms with Crippen LogP contribution >= 0.6 is 11.8 Å². The Kier molecular flexibility index (Phi) is 7.40. The molecule has 0 aromatic heterocycles. The molecule has 1 aromatic rings. The fraction of sp³-hybridized carbons (Fsp3) is 0.647. The monoisotopic (exact) mass is 311 g/mol. The van der Waals surface area contributed by atoms with Crippen LogP contribution in [-0.4, -0.2) is 30.8 Å². The molecule has 1 aromatic carbocycles. The van der Waals surface area contributed by atoms with E-state index in [1.54, 1.807) is 0 Å². The second-order valence-electron chi connectivity index (χ2n) is 5.84. The van der Waals surface area contributed by atoms with Crippen molar-refractivity contribution in [2.24, 2.45) is 0 Å². The van der Waals surface area contributed by atoms with E-state index in [9.17, 15) is 0 Å². The topological polar surface area (TPSA) is 30.5 Å². The Balaban J connectivity index is 2.91. The number of hydrogen-bond acceptors (Lipinski definition) is 4. The van der Waals surface area contributed by atoms with Gasteiger partial charge < -0.3 is 14.8 Å². The van der Waals surface area contributed by atoms with Crippen LogP contribution in [0.5, 0.6) is 11.5 Å². The molecule has 0 fully saturated rings. The standard InChI is InChI=1S/C17H29NO2S/c1-7-19-15-10-9-13(11-16(15)20-8-2)14(18-6)12-21-17(3,4)5/h9-11,14,18H,7-8,12H2,1-6H3. The van der Waals surface area contributed by atoms with E-state index in [1.165, 1.54) is 5.56 Å². The molecule has 21 heavy (non-hydrogen) atoms. The van der Waals surface area contributed by atoms with Crippen molar-refractivity contribution in [2.75, 3.05) is 26.0 Å². The predicted octanol–water partition coefficient (Wildman–Crippen LogP) is 4.28. The normalized spacial score (nSPS) is 13.0. The van der Waals surface area contributed by atoms with Crippen LogP contribution in [0.1, 0.15) is 46.2 Å². The minimum absolute atomic E-state index is 0.267. The summed E-state index contributed by atoms with van der Waals surface area (Å²) in [6.07, 6.45) is 0. The van der Waals surface area contributed by atoms with Crippen LogP contribution < -0.4 is 14.8 Å². The van der Waals surface area contributed by atoms with Crippen LogP contribution in [0.2, 0.25) is 0 Å². The van der Waals surface area contributed by atoms with E-state index < -0.39 is 0 Å². The van der Waals surface area contributed by atoms with Crippen molar-refractivity contribution >= 4 is 11.8 Å². The van der Waals surface area contributed by atoms with Crippen molar-refractivity contribution in [3.63, 3.8) is 0 Å². The first-order valence-electron chi connectivity index (χ1n) is 7.62. The summed E-state index contributed by atoms with van der Waals surface area (Å²) in [5.74, 6) is 2.68. The average Bonchev–Trinajstić information content (AvgIpc) is 2.41. The third kappa shape index (κ3) is 6.18. The Morgan fingerprint density at radius 2 is 1.71 bits per heavy atom. The fourth-order valence-corrected chi connectivity index (χ4v) is 2.99. The van der Waals surface area contributed by atoms with Gasteiger partial charge in [0.25, 0.3) is 0 Å². The minimum atomic E-state index is 0.267. The zero-order chi connectivity index (χ0) is 15.9. The highest BCUT2D eigenvalue weighted by Crippen LogP contribution is 2.33. The molecule has 0 saturated carbocycles. The van der Waals surface area contributed by atoms with Gasteiger partial charge in [-0.2, -0.15) is 11.8 Å². The van der Waals surface area contributed by atoms with E-state index in [0.29, 0.717) is 19.3 Å². The van der Waals surface area contributed by atoms with Gasteiger partial charge in [0, 0.05) is 16.5 Å². The third-order valence-corrected chi connectivity index (χ3v) is 4.37. The molecule has 0 bridgehead atoms. The summed E-state index contributed by atoms with van der Waals surface area (Å²) in [5.41, 5.74) is 1.24. The summed E-state index contributed by atoms with van der Waals surface area (Å²) >= 11 is 1.96. The van der Waals surface area contributed by atoms with Crippen LogP contribution in [-0.2, 0) is 0 Å². The molecule has 1 unspecified atom stereocenters. The van der Waals surface area contributed by atoms with Gasteiger partial charge >= 0.3 is 0 Å². The predicted molar refractivity (Wildman–Crippen MR) is 92.8 cm³/mol. The lowest BCUT2D eigenvalue weighted by atomic mass is 10.1. The highest BCUT2D eigenvalue weighted by molar-refractivity contribution is 8.00. The maximum atomic E-state index is 5.71. The molecule has 1 atom stereocenters. The van der Waals surface area contributed by atoms with Gasteiger partial charge in [-0.25, -0.2) is 0 Å². The first-order chi connectivity index (χ1) is 9.91. The average molecular weight is 311 g/mol. The maximum absolute atomic E-state index is 5.71. The zero-order valence-electron chi connectivity index (χ0n) is 14.2. The lowest BCUT2D eigenvalue weighted by Crippen LogP contribution is -2.22. The summed E-state index contributed by atoms with van der Waals surface area (Å²) in [7, 11) is 2.00. The van der Waals surface area contributed by atoms with E-state index >= 15 is 0 Å². The number of nitrogens with one attached hydrogen (secondary N) is 1. The van der Waals surface area contributed by atoms with Crippen LogP contribution in [0, 0.1) is 0 Å². The van der Waals surface area contributed by atoms with Crippen LogP contribution in [0.15, 0.2) is 18.2 Å². The largest absolute Gasteiger partial charge is 0.490 e. The van der Waals surface area contributed by atoms with Gasteiger partial charge in [0.05, 0.1) is 13.2 Å². The van der Waals surface area contributed by atoms with E-state index in [1.807, 2.05) is 38.7 Å². The van der Waals surface area contributed by atoms with E-state index in [4.69, 9.17) is 9.47 Å². The minimum Gasteiger partial charge on any atom is -0.490 e. The van der Waals surface area contributed by atoms with E-state index in [0.717, 1.165) is 17.3 Å². The van der Waals surface area contributed by atoms with Gasteiger partial charge in [-0.05, 0) is 38.6 Å². The molecular formula is C17H29NO2S. The van der Waals surface area contributed by atoms with Crippen molar-refractivity contribution in [3.05, 3.63) is 23.8 Å². The molecule has 0 aliphatic heterocycles. The Morgan fingerprint density at radius 3 is 2.24 bits per heavy atom.